The molecule has 0 radical (unpaired) electrons. The molecule has 0 fully saturated rings. The summed E-state index contributed by atoms with van der Waals surface area (Å²) in [5.41, 5.74) is 4.04. The van der Waals surface area contributed by atoms with Gasteiger partial charge in [0.1, 0.15) is 0 Å². The molecule has 0 aromatic carbocycles. The molecule has 3 heterocycles. The zero-order chi connectivity index (χ0) is 20.5. The van der Waals surface area contributed by atoms with Crippen LogP contribution in [0.4, 0.5) is 0 Å². The van der Waals surface area contributed by atoms with E-state index in [4.69, 9.17) is 0 Å². The fraction of sp³-hybridized carbons (Fsp3) is 0.500. The average molecular weight is 393 g/mol. The molecule has 3 aromatic rings. The predicted octanol–water partition coefficient (Wildman–Crippen LogP) is 3.84. The van der Waals surface area contributed by atoms with Crippen LogP contribution in [0, 0.1) is 13.8 Å². The summed E-state index contributed by atoms with van der Waals surface area (Å²) in [5, 5.41) is 4.51. The van der Waals surface area contributed by atoms with E-state index in [1.54, 1.807) is 4.52 Å². The third kappa shape index (κ3) is 3.50. The van der Waals surface area contributed by atoms with Crippen molar-refractivity contribution in [3.63, 3.8) is 0 Å². The maximum atomic E-state index is 13.7. The topological polar surface area (TPSA) is 76.3 Å². The monoisotopic (exact) mass is 392 g/mol. The van der Waals surface area contributed by atoms with Gasteiger partial charge >= 0.3 is 0 Å². The number of aromatic nitrogens is 5. The van der Waals surface area contributed by atoms with Gasteiger partial charge in [-0.1, -0.05) is 19.9 Å². The highest BCUT2D eigenvalue weighted by Gasteiger charge is 2.36. The summed E-state index contributed by atoms with van der Waals surface area (Å²) >= 11 is 0. The van der Waals surface area contributed by atoms with Crippen molar-refractivity contribution in [2.45, 2.75) is 71.9 Å². The quantitative estimate of drug-likeness (QED) is 0.659. The molecule has 0 saturated heterocycles. The summed E-state index contributed by atoms with van der Waals surface area (Å²) in [6.45, 7) is 8.13. The van der Waals surface area contributed by atoms with Gasteiger partial charge in [-0.3, -0.25) is 9.78 Å². The van der Waals surface area contributed by atoms with Crippen molar-refractivity contribution in [3.8, 4) is 0 Å². The lowest BCUT2D eigenvalue weighted by atomic mass is 9.89. The summed E-state index contributed by atoms with van der Waals surface area (Å²) in [6.07, 6.45) is 6.56. The third-order valence-corrected chi connectivity index (χ3v) is 5.88. The Labute approximate surface area is 171 Å². The molecular formula is C22H28N6O. The van der Waals surface area contributed by atoms with E-state index in [1.165, 1.54) is 5.56 Å². The zero-order valence-electron chi connectivity index (χ0n) is 17.6. The second kappa shape index (κ2) is 7.89. The van der Waals surface area contributed by atoms with Gasteiger partial charge in [0, 0.05) is 23.6 Å². The molecule has 1 aliphatic carbocycles. The average Bonchev–Trinajstić information content (AvgIpc) is 3.16. The summed E-state index contributed by atoms with van der Waals surface area (Å²) in [5.74, 6) is 0.545. The van der Waals surface area contributed by atoms with Crippen LogP contribution < -0.4 is 0 Å². The fourth-order valence-corrected chi connectivity index (χ4v) is 4.47. The molecule has 1 amide bonds. The summed E-state index contributed by atoms with van der Waals surface area (Å²) in [6, 6.07) is 6.12. The number of carbonyl (C=O) groups is 1. The van der Waals surface area contributed by atoms with Crippen LogP contribution in [0.5, 0.6) is 0 Å². The van der Waals surface area contributed by atoms with E-state index in [0.717, 1.165) is 49.2 Å². The van der Waals surface area contributed by atoms with Crippen LogP contribution in [0.1, 0.15) is 78.8 Å². The third-order valence-electron chi connectivity index (χ3n) is 5.88. The zero-order valence-corrected chi connectivity index (χ0v) is 17.6. The van der Waals surface area contributed by atoms with Gasteiger partial charge < -0.3 is 4.90 Å². The van der Waals surface area contributed by atoms with Gasteiger partial charge in [-0.25, -0.2) is 9.50 Å². The molecule has 0 aliphatic heterocycles. The smallest absolute Gasteiger partial charge is 0.294 e. The molecule has 4 rings (SSSR count). The first kappa shape index (κ1) is 19.5. The van der Waals surface area contributed by atoms with E-state index in [9.17, 15) is 4.79 Å². The molecule has 29 heavy (non-hydrogen) atoms. The minimum absolute atomic E-state index is 0.0419. The number of nitrogens with zero attached hydrogens (tertiary/aromatic N) is 6. The van der Waals surface area contributed by atoms with Crippen molar-refractivity contribution >= 4 is 11.7 Å². The number of fused-ring (bicyclic) bond motifs is 2. The molecule has 152 valence electrons. The van der Waals surface area contributed by atoms with E-state index in [1.807, 2.05) is 37.1 Å². The fourth-order valence-electron chi connectivity index (χ4n) is 4.47. The molecule has 1 aliphatic rings. The lowest BCUT2D eigenvalue weighted by molar-refractivity contribution is 0.0507. The standard InChI is InChI=1S/C22H28N6O/c1-5-17(6-2)27(18-11-7-9-16-10-8-12-23-19(16)18)21(29)20-25-22-24-14(3)13-15(4)28(22)26-20/h8,10,12-13,17-18H,5-7,9,11H2,1-4H3. The van der Waals surface area contributed by atoms with E-state index >= 15 is 0 Å². The van der Waals surface area contributed by atoms with Gasteiger partial charge in [-0.15, -0.1) is 5.10 Å². The minimum Gasteiger partial charge on any atom is -0.324 e. The normalized spacial score (nSPS) is 16.2. The Morgan fingerprint density at radius 3 is 2.83 bits per heavy atom. The summed E-state index contributed by atoms with van der Waals surface area (Å²) in [7, 11) is 0. The molecule has 0 bridgehead atoms. The first-order valence-electron chi connectivity index (χ1n) is 10.5. The molecular weight excluding hydrogens is 364 g/mol. The van der Waals surface area contributed by atoms with Crippen LogP contribution in [-0.4, -0.2) is 41.4 Å². The number of amides is 1. The SMILES string of the molecule is CCC(CC)N(C(=O)c1nc2nc(C)cc(C)n2n1)C1CCCc2cccnc21. The Hall–Kier alpha value is -2.83. The minimum atomic E-state index is -0.134. The van der Waals surface area contributed by atoms with Gasteiger partial charge in [0.15, 0.2) is 0 Å². The Morgan fingerprint density at radius 1 is 1.28 bits per heavy atom. The molecule has 0 N–H and O–H groups in total. The Bertz CT molecular complexity index is 1040. The van der Waals surface area contributed by atoms with Crippen molar-refractivity contribution in [2.24, 2.45) is 0 Å². The molecule has 3 aromatic heterocycles. The number of hydrogen-bond acceptors (Lipinski definition) is 5. The lowest BCUT2D eigenvalue weighted by Crippen LogP contribution is -2.44. The molecule has 1 atom stereocenters. The van der Waals surface area contributed by atoms with Crippen LogP contribution >= 0.6 is 0 Å². The van der Waals surface area contributed by atoms with Gasteiger partial charge in [0.25, 0.3) is 11.7 Å². The van der Waals surface area contributed by atoms with Gasteiger partial charge in [0.2, 0.25) is 5.82 Å². The maximum absolute atomic E-state index is 13.7. The van der Waals surface area contributed by atoms with Crippen LogP contribution in [0.3, 0.4) is 0 Å². The van der Waals surface area contributed by atoms with Crippen LogP contribution in [0.2, 0.25) is 0 Å². The molecule has 7 nitrogen and oxygen atoms in total. The van der Waals surface area contributed by atoms with Gasteiger partial charge in [0.05, 0.1) is 11.7 Å². The first-order chi connectivity index (χ1) is 14.0. The molecule has 0 saturated carbocycles. The van der Waals surface area contributed by atoms with Crippen LogP contribution in [-0.2, 0) is 6.42 Å². The highest BCUT2D eigenvalue weighted by molar-refractivity contribution is 5.91. The van der Waals surface area contributed by atoms with Crippen molar-refractivity contribution in [1.82, 2.24) is 29.5 Å². The largest absolute Gasteiger partial charge is 0.324 e. The number of hydrogen-bond donors (Lipinski definition) is 0. The predicted molar refractivity (Wildman–Crippen MR) is 111 cm³/mol. The Morgan fingerprint density at radius 2 is 2.07 bits per heavy atom. The number of aryl methyl sites for hydroxylation is 3. The van der Waals surface area contributed by atoms with Gasteiger partial charge in [-0.05, 0) is 63.6 Å². The highest BCUT2D eigenvalue weighted by Crippen LogP contribution is 2.36. The number of rotatable bonds is 5. The summed E-state index contributed by atoms with van der Waals surface area (Å²) in [4.78, 5) is 29.3. The van der Waals surface area contributed by atoms with Crippen molar-refractivity contribution in [3.05, 3.63) is 52.9 Å². The van der Waals surface area contributed by atoms with Crippen LogP contribution in [0.25, 0.3) is 5.78 Å². The van der Waals surface area contributed by atoms with E-state index in [-0.39, 0.29) is 23.8 Å². The van der Waals surface area contributed by atoms with E-state index in [0.29, 0.717) is 5.78 Å². The maximum Gasteiger partial charge on any atom is 0.294 e. The lowest BCUT2D eigenvalue weighted by Gasteiger charge is -2.39. The van der Waals surface area contributed by atoms with E-state index in [2.05, 4.69) is 40.0 Å². The van der Waals surface area contributed by atoms with Crippen molar-refractivity contribution in [1.29, 1.82) is 0 Å². The summed E-state index contributed by atoms with van der Waals surface area (Å²) < 4.78 is 1.65. The van der Waals surface area contributed by atoms with Crippen LogP contribution in [0.15, 0.2) is 24.4 Å². The van der Waals surface area contributed by atoms with Crippen molar-refractivity contribution < 1.29 is 4.79 Å². The molecule has 7 heteroatoms. The number of pyridine rings is 1. The number of carbonyl (C=O) groups excluding carboxylic acids is 1. The second-order valence-corrected chi connectivity index (χ2v) is 7.82. The molecule has 1 unspecified atom stereocenters. The van der Waals surface area contributed by atoms with Gasteiger partial charge in [-0.2, -0.15) is 4.98 Å². The van der Waals surface area contributed by atoms with Crippen molar-refractivity contribution in [2.75, 3.05) is 0 Å². The second-order valence-electron chi connectivity index (χ2n) is 7.82. The Kier molecular flexibility index (Phi) is 5.30. The Balaban J connectivity index is 1.79. The highest BCUT2D eigenvalue weighted by atomic mass is 16.2. The first-order valence-corrected chi connectivity index (χ1v) is 10.5. The van der Waals surface area contributed by atoms with E-state index < -0.39 is 0 Å². The molecule has 0 spiro atoms.